The lowest BCUT2D eigenvalue weighted by Crippen LogP contribution is -2.15. The van der Waals surface area contributed by atoms with Gasteiger partial charge in [-0.25, -0.2) is 13.8 Å². The van der Waals surface area contributed by atoms with Crippen molar-refractivity contribution in [3.63, 3.8) is 0 Å². The molecule has 0 fully saturated rings. The van der Waals surface area contributed by atoms with E-state index < -0.39 is 11.6 Å². The van der Waals surface area contributed by atoms with Crippen molar-refractivity contribution < 1.29 is 8.78 Å². The Morgan fingerprint density at radius 1 is 1.33 bits per heavy atom. The molecule has 0 N–H and O–H groups in total. The van der Waals surface area contributed by atoms with Gasteiger partial charge < -0.3 is 9.13 Å². The maximum absolute atomic E-state index is 14.2. The molecular weight excluding hydrogens is 300 g/mol. The van der Waals surface area contributed by atoms with E-state index in [2.05, 4.69) is 15.2 Å². The van der Waals surface area contributed by atoms with Gasteiger partial charge in [-0.1, -0.05) is 0 Å². The van der Waals surface area contributed by atoms with Crippen LogP contribution in [-0.4, -0.2) is 24.3 Å². The molecule has 0 bridgehead atoms. The Morgan fingerprint density at radius 3 is 2.71 bits per heavy atom. The summed E-state index contributed by atoms with van der Waals surface area (Å²) in [5.74, 6) is -0.728. The van der Waals surface area contributed by atoms with E-state index in [9.17, 15) is 8.78 Å². The van der Waals surface area contributed by atoms with E-state index in [4.69, 9.17) is 11.6 Å². The molecule has 5 nitrogen and oxygen atoms in total. The summed E-state index contributed by atoms with van der Waals surface area (Å²) >= 11 is 5.90. The first-order valence-corrected chi connectivity index (χ1v) is 6.82. The Hall–Kier alpha value is -2.02. The number of aryl methyl sites for hydroxylation is 1. The average molecular weight is 312 g/mol. The summed E-state index contributed by atoms with van der Waals surface area (Å²) in [5, 5.41) is 7.82. The maximum Gasteiger partial charge on any atom is 0.184 e. The molecule has 0 aliphatic carbocycles. The highest BCUT2D eigenvalue weighted by Crippen LogP contribution is 2.28. The van der Waals surface area contributed by atoms with Gasteiger partial charge in [0.1, 0.15) is 17.7 Å². The number of hydrogen-bond acceptors (Lipinski definition) is 3. The summed E-state index contributed by atoms with van der Waals surface area (Å²) in [6.45, 7) is 1.81. The number of aromatic nitrogens is 5. The van der Waals surface area contributed by atoms with E-state index in [1.54, 1.807) is 22.5 Å². The van der Waals surface area contributed by atoms with Crippen molar-refractivity contribution in [1.82, 2.24) is 24.3 Å². The van der Waals surface area contributed by atoms with Crippen LogP contribution in [0.4, 0.5) is 8.78 Å². The predicted octanol–water partition coefficient (Wildman–Crippen LogP) is 2.79. The number of rotatable bonds is 3. The number of benzene rings is 1. The van der Waals surface area contributed by atoms with Crippen LogP contribution >= 0.6 is 11.6 Å². The van der Waals surface area contributed by atoms with Crippen LogP contribution in [0.5, 0.6) is 0 Å². The molecule has 2 aromatic heterocycles. The number of hydrogen-bond donors (Lipinski definition) is 0. The summed E-state index contributed by atoms with van der Waals surface area (Å²) in [5.41, 5.74) is 0.444. The minimum Gasteiger partial charge on any atom is -0.319 e. The number of imidazole rings is 1. The summed E-state index contributed by atoms with van der Waals surface area (Å²) < 4.78 is 31.0. The van der Waals surface area contributed by atoms with Gasteiger partial charge in [0.05, 0.1) is 17.4 Å². The molecule has 0 saturated heterocycles. The molecule has 0 spiro atoms. The zero-order valence-electron chi connectivity index (χ0n) is 11.4. The fourth-order valence-corrected chi connectivity index (χ4v) is 2.66. The Bertz CT molecular complexity index is 810. The third kappa shape index (κ3) is 2.08. The Morgan fingerprint density at radius 2 is 2.10 bits per heavy atom. The molecule has 1 unspecified atom stereocenters. The lowest BCUT2D eigenvalue weighted by molar-refractivity contribution is 0.503. The quantitative estimate of drug-likeness (QED) is 0.699. The summed E-state index contributed by atoms with van der Waals surface area (Å²) in [7, 11) is 1.78. The standard InChI is InChI=1S/C13H12ClF2N5/c1-7(13-19-17-6-20(13)2)21-10(5-14)18-9-4-3-8(15)11(16)12(9)21/h3-4,6-7H,5H2,1-2H3. The van der Waals surface area contributed by atoms with E-state index in [-0.39, 0.29) is 17.4 Å². The van der Waals surface area contributed by atoms with Crippen molar-refractivity contribution in [1.29, 1.82) is 0 Å². The van der Waals surface area contributed by atoms with Crippen LogP contribution in [0, 0.1) is 11.6 Å². The molecule has 0 aliphatic rings. The molecule has 0 saturated carbocycles. The number of halogens is 3. The second-order valence-corrected chi connectivity index (χ2v) is 5.00. The molecule has 1 atom stereocenters. The lowest BCUT2D eigenvalue weighted by atomic mass is 10.2. The van der Waals surface area contributed by atoms with Crippen LogP contribution < -0.4 is 0 Å². The van der Waals surface area contributed by atoms with Crippen molar-refractivity contribution in [3.05, 3.63) is 41.7 Å². The minimum atomic E-state index is -0.939. The normalized spacial score (nSPS) is 13.0. The van der Waals surface area contributed by atoms with Crippen LogP contribution in [0.15, 0.2) is 18.5 Å². The average Bonchev–Trinajstić information content (AvgIpc) is 3.05. The van der Waals surface area contributed by atoms with Crippen molar-refractivity contribution >= 4 is 22.6 Å². The Kier molecular flexibility index (Phi) is 3.36. The largest absolute Gasteiger partial charge is 0.319 e. The first kappa shape index (κ1) is 13.9. The SMILES string of the molecule is CC(c1nncn1C)n1c(CCl)nc2ccc(F)c(F)c21. The molecule has 1 aromatic carbocycles. The van der Waals surface area contributed by atoms with Gasteiger partial charge in [0.2, 0.25) is 0 Å². The fourth-order valence-electron chi connectivity index (χ4n) is 2.47. The summed E-state index contributed by atoms with van der Waals surface area (Å²) in [6.07, 6.45) is 1.54. The van der Waals surface area contributed by atoms with E-state index in [1.807, 2.05) is 6.92 Å². The van der Waals surface area contributed by atoms with Gasteiger partial charge >= 0.3 is 0 Å². The summed E-state index contributed by atoms with van der Waals surface area (Å²) in [4.78, 5) is 4.26. The maximum atomic E-state index is 14.2. The van der Waals surface area contributed by atoms with E-state index in [0.717, 1.165) is 6.07 Å². The molecule has 0 radical (unpaired) electrons. The molecule has 110 valence electrons. The molecule has 0 aliphatic heterocycles. The minimum absolute atomic E-state index is 0.0813. The highest BCUT2D eigenvalue weighted by molar-refractivity contribution is 6.16. The van der Waals surface area contributed by atoms with Crippen LogP contribution in [0.1, 0.15) is 24.6 Å². The van der Waals surface area contributed by atoms with Gasteiger partial charge in [-0.05, 0) is 19.1 Å². The monoisotopic (exact) mass is 311 g/mol. The molecule has 21 heavy (non-hydrogen) atoms. The molecule has 0 amide bonds. The van der Waals surface area contributed by atoms with E-state index in [0.29, 0.717) is 17.2 Å². The second kappa shape index (κ2) is 5.07. The van der Waals surface area contributed by atoms with Crippen LogP contribution in [0.25, 0.3) is 11.0 Å². The van der Waals surface area contributed by atoms with Gasteiger partial charge in [0.25, 0.3) is 0 Å². The molecule has 3 aromatic rings. The van der Waals surface area contributed by atoms with Gasteiger partial charge in [-0.2, -0.15) is 0 Å². The van der Waals surface area contributed by atoms with Gasteiger partial charge in [-0.15, -0.1) is 21.8 Å². The van der Waals surface area contributed by atoms with Gasteiger partial charge in [0, 0.05) is 7.05 Å². The van der Waals surface area contributed by atoms with Gasteiger partial charge in [-0.3, -0.25) is 0 Å². The summed E-state index contributed by atoms with van der Waals surface area (Å²) in [6, 6.07) is 2.11. The zero-order chi connectivity index (χ0) is 15.1. The third-order valence-electron chi connectivity index (χ3n) is 3.44. The van der Waals surface area contributed by atoms with Crippen LogP contribution in [0.3, 0.4) is 0 Å². The van der Waals surface area contributed by atoms with Crippen molar-refractivity contribution in [2.24, 2.45) is 7.05 Å². The zero-order valence-corrected chi connectivity index (χ0v) is 12.1. The number of fused-ring (bicyclic) bond motifs is 1. The first-order valence-electron chi connectivity index (χ1n) is 6.29. The van der Waals surface area contributed by atoms with E-state index in [1.165, 1.54) is 6.07 Å². The van der Waals surface area contributed by atoms with Crippen LogP contribution in [0.2, 0.25) is 0 Å². The Balaban J connectivity index is 2.30. The smallest absolute Gasteiger partial charge is 0.184 e. The highest BCUT2D eigenvalue weighted by atomic mass is 35.5. The topological polar surface area (TPSA) is 48.5 Å². The lowest BCUT2D eigenvalue weighted by Gasteiger charge is -2.16. The van der Waals surface area contributed by atoms with Gasteiger partial charge in [0.15, 0.2) is 17.5 Å². The first-order chi connectivity index (χ1) is 10.0. The number of nitrogens with zero attached hydrogens (tertiary/aromatic N) is 5. The molecule has 2 heterocycles. The number of alkyl halides is 1. The Labute approximate surface area is 124 Å². The van der Waals surface area contributed by atoms with E-state index >= 15 is 0 Å². The second-order valence-electron chi connectivity index (χ2n) is 4.74. The molecule has 8 heteroatoms. The predicted molar refractivity (Wildman–Crippen MR) is 74.0 cm³/mol. The molecular formula is C13H12ClF2N5. The van der Waals surface area contributed by atoms with Crippen molar-refractivity contribution in [2.45, 2.75) is 18.8 Å². The van der Waals surface area contributed by atoms with Crippen LogP contribution in [-0.2, 0) is 12.9 Å². The van der Waals surface area contributed by atoms with Crippen molar-refractivity contribution in [2.75, 3.05) is 0 Å². The molecule has 3 rings (SSSR count). The third-order valence-corrected chi connectivity index (χ3v) is 3.68. The van der Waals surface area contributed by atoms with Crippen molar-refractivity contribution in [3.8, 4) is 0 Å². The fraction of sp³-hybridized carbons (Fsp3) is 0.308. The highest BCUT2D eigenvalue weighted by Gasteiger charge is 2.23.